The number of carbonyl (C=O) groups is 2. The number of hydrogen-bond donors (Lipinski definition) is 0. The average molecular weight is 456 g/mol. The standard InChI is InChI=1S/C25H23F3N2O3/c1-15-5-6-18(16(2)11-15)14-30-22(31)20(13-29)21(25(26,27)28)12-24(30,3)19-9-7-17(8-10-19)23(32)33-4/h5-11H,12,14H2,1-4H3. The largest absolute Gasteiger partial charge is 0.465 e. The summed E-state index contributed by atoms with van der Waals surface area (Å²) in [4.78, 5) is 26.4. The minimum absolute atomic E-state index is 0.0243. The maximum atomic E-state index is 13.8. The van der Waals surface area contributed by atoms with Crippen LogP contribution >= 0.6 is 0 Å². The highest BCUT2D eigenvalue weighted by atomic mass is 19.4. The Hall–Kier alpha value is -3.60. The number of amides is 1. The van der Waals surface area contributed by atoms with Crippen molar-refractivity contribution >= 4 is 11.9 Å². The summed E-state index contributed by atoms with van der Waals surface area (Å²) in [6.45, 7) is 5.35. The van der Waals surface area contributed by atoms with Crippen molar-refractivity contribution < 1.29 is 27.5 Å². The van der Waals surface area contributed by atoms with Crippen molar-refractivity contribution in [1.29, 1.82) is 5.26 Å². The van der Waals surface area contributed by atoms with Crippen LogP contribution in [0.25, 0.3) is 0 Å². The third-order valence-electron chi connectivity index (χ3n) is 6.09. The Kier molecular flexibility index (Phi) is 6.37. The number of hydrogen-bond acceptors (Lipinski definition) is 4. The average Bonchev–Trinajstić information content (AvgIpc) is 2.76. The topological polar surface area (TPSA) is 70.4 Å². The fraction of sp³-hybridized carbons (Fsp3) is 0.320. The number of nitrogens with zero attached hydrogens (tertiary/aromatic N) is 2. The first-order valence-electron chi connectivity index (χ1n) is 10.2. The molecule has 2 aromatic rings. The highest BCUT2D eigenvalue weighted by molar-refractivity contribution is 6.00. The van der Waals surface area contributed by atoms with E-state index in [9.17, 15) is 28.0 Å². The molecule has 0 aromatic heterocycles. The Morgan fingerprint density at radius 1 is 1.18 bits per heavy atom. The van der Waals surface area contributed by atoms with Gasteiger partial charge in [-0.1, -0.05) is 35.9 Å². The second-order valence-corrected chi connectivity index (χ2v) is 8.30. The maximum absolute atomic E-state index is 13.8. The van der Waals surface area contributed by atoms with Gasteiger partial charge in [0.25, 0.3) is 5.91 Å². The molecule has 1 heterocycles. The van der Waals surface area contributed by atoms with Gasteiger partial charge in [-0.3, -0.25) is 4.79 Å². The Morgan fingerprint density at radius 2 is 1.82 bits per heavy atom. The molecular formula is C25H23F3N2O3. The van der Waals surface area contributed by atoms with Crippen LogP contribution in [0.15, 0.2) is 53.6 Å². The molecule has 1 amide bonds. The van der Waals surface area contributed by atoms with E-state index in [1.807, 2.05) is 32.0 Å². The predicted molar refractivity (Wildman–Crippen MR) is 115 cm³/mol. The molecule has 33 heavy (non-hydrogen) atoms. The van der Waals surface area contributed by atoms with Crippen molar-refractivity contribution in [3.8, 4) is 6.07 Å². The lowest BCUT2D eigenvalue weighted by Gasteiger charge is -2.46. The minimum atomic E-state index is -4.83. The van der Waals surface area contributed by atoms with E-state index < -0.39 is 41.2 Å². The summed E-state index contributed by atoms with van der Waals surface area (Å²) in [5.74, 6) is -1.56. The van der Waals surface area contributed by atoms with E-state index >= 15 is 0 Å². The number of nitriles is 1. The van der Waals surface area contributed by atoms with E-state index in [1.54, 1.807) is 6.92 Å². The van der Waals surface area contributed by atoms with Crippen LogP contribution in [0, 0.1) is 25.2 Å². The van der Waals surface area contributed by atoms with Crippen molar-refractivity contribution in [3.63, 3.8) is 0 Å². The van der Waals surface area contributed by atoms with Crippen molar-refractivity contribution in [2.24, 2.45) is 0 Å². The zero-order valence-corrected chi connectivity index (χ0v) is 18.7. The lowest BCUT2D eigenvalue weighted by atomic mass is 9.78. The fourth-order valence-corrected chi connectivity index (χ4v) is 4.15. The van der Waals surface area contributed by atoms with Crippen LogP contribution in [-0.4, -0.2) is 30.1 Å². The number of rotatable bonds is 4. The molecule has 5 nitrogen and oxygen atoms in total. The third-order valence-corrected chi connectivity index (χ3v) is 6.09. The zero-order valence-electron chi connectivity index (χ0n) is 18.7. The van der Waals surface area contributed by atoms with E-state index in [-0.39, 0.29) is 12.1 Å². The van der Waals surface area contributed by atoms with Crippen molar-refractivity contribution in [1.82, 2.24) is 4.90 Å². The predicted octanol–water partition coefficient (Wildman–Crippen LogP) is 5.12. The number of ether oxygens (including phenoxy) is 1. The van der Waals surface area contributed by atoms with Gasteiger partial charge in [0.05, 0.1) is 23.8 Å². The number of carbonyl (C=O) groups excluding carboxylic acids is 2. The van der Waals surface area contributed by atoms with Crippen LogP contribution in [0.4, 0.5) is 13.2 Å². The van der Waals surface area contributed by atoms with Crippen LogP contribution in [0.1, 0.15) is 46.0 Å². The molecule has 0 aliphatic carbocycles. The fourth-order valence-electron chi connectivity index (χ4n) is 4.15. The molecule has 0 spiro atoms. The van der Waals surface area contributed by atoms with Crippen molar-refractivity contribution in [2.45, 2.75) is 45.5 Å². The van der Waals surface area contributed by atoms with Crippen LogP contribution in [0.5, 0.6) is 0 Å². The highest BCUT2D eigenvalue weighted by Crippen LogP contribution is 2.46. The molecule has 0 saturated heterocycles. The first-order valence-corrected chi connectivity index (χ1v) is 10.2. The Bertz CT molecular complexity index is 1180. The summed E-state index contributed by atoms with van der Waals surface area (Å²) in [6.07, 6.45) is -5.42. The number of alkyl halides is 3. The molecular weight excluding hydrogens is 433 g/mol. The molecule has 8 heteroatoms. The molecule has 0 saturated carbocycles. The van der Waals surface area contributed by atoms with Gasteiger partial charge in [0.1, 0.15) is 11.6 Å². The van der Waals surface area contributed by atoms with Gasteiger partial charge in [-0.05, 0) is 49.6 Å². The van der Waals surface area contributed by atoms with E-state index in [1.165, 1.54) is 42.3 Å². The first-order chi connectivity index (χ1) is 15.4. The lowest BCUT2D eigenvalue weighted by Crippen LogP contribution is -2.52. The summed E-state index contributed by atoms with van der Waals surface area (Å²) >= 11 is 0. The summed E-state index contributed by atoms with van der Waals surface area (Å²) in [7, 11) is 1.23. The molecule has 3 rings (SSSR count). The molecule has 0 bridgehead atoms. The van der Waals surface area contributed by atoms with Gasteiger partial charge in [0.2, 0.25) is 0 Å². The van der Waals surface area contributed by atoms with Gasteiger partial charge < -0.3 is 9.64 Å². The Morgan fingerprint density at radius 3 is 2.33 bits per heavy atom. The molecule has 172 valence electrons. The second-order valence-electron chi connectivity index (χ2n) is 8.30. The second kappa shape index (κ2) is 8.74. The van der Waals surface area contributed by atoms with Gasteiger partial charge in [-0.25, -0.2) is 4.79 Å². The van der Waals surface area contributed by atoms with E-state index in [4.69, 9.17) is 0 Å². The van der Waals surface area contributed by atoms with E-state index in [0.29, 0.717) is 5.56 Å². The molecule has 2 aromatic carbocycles. The van der Waals surface area contributed by atoms with Crippen molar-refractivity contribution in [3.05, 3.63) is 81.4 Å². The Labute approximate surface area is 190 Å². The molecule has 1 unspecified atom stereocenters. The van der Waals surface area contributed by atoms with Gasteiger partial charge in [-0.15, -0.1) is 0 Å². The first kappa shape index (κ1) is 24.1. The number of aryl methyl sites for hydroxylation is 2. The van der Waals surface area contributed by atoms with E-state index in [2.05, 4.69) is 4.74 Å². The van der Waals surface area contributed by atoms with Crippen LogP contribution in [0.3, 0.4) is 0 Å². The molecule has 1 aliphatic heterocycles. The summed E-state index contributed by atoms with van der Waals surface area (Å²) in [6, 6.07) is 13.0. The van der Waals surface area contributed by atoms with Gasteiger partial charge in [-0.2, -0.15) is 18.4 Å². The number of halogens is 3. The quantitative estimate of drug-likeness (QED) is 0.599. The maximum Gasteiger partial charge on any atom is 0.414 e. The number of methoxy groups -OCH3 is 1. The van der Waals surface area contributed by atoms with Gasteiger partial charge in [0.15, 0.2) is 0 Å². The lowest BCUT2D eigenvalue weighted by molar-refractivity contribution is -0.141. The van der Waals surface area contributed by atoms with Crippen LogP contribution in [0.2, 0.25) is 0 Å². The van der Waals surface area contributed by atoms with Gasteiger partial charge in [0, 0.05) is 13.0 Å². The number of benzene rings is 2. The molecule has 0 fully saturated rings. The smallest absolute Gasteiger partial charge is 0.414 e. The van der Waals surface area contributed by atoms with Crippen molar-refractivity contribution in [2.75, 3.05) is 7.11 Å². The SMILES string of the molecule is COC(=O)c1ccc(C2(C)CC(C(F)(F)F)=C(C#N)C(=O)N2Cc2ccc(C)cc2C)cc1. The van der Waals surface area contributed by atoms with Gasteiger partial charge >= 0.3 is 12.1 Å². The summed E-state index contributed by atoms with van der Waals surface area (Å²) < 4.78 is 46.2. The van der Waals surface area contributed by atoms with Crippen LogP contribution < -0.4 is 0 Å². The number of esters is 1. The summed E-state index contributed by atoms with van der Waals surface area (Å²) in [5, 5.41) is 9.43. The minimum Gasteiger partial charge on any atom is -0.465 e. The Balaban J connectivity index is 2.18. The van der Waals surface area contributed by atoms with E-state index in [0.717, 1.165) is 16.7 Å². The monoisotopic (exact) mass is 456 g/mol. The zero-order chi connectivity index (χ0) is 24.6. The molecule has 0 radical (unpaired) electrons. The molecule has 0 N–H and O–H groups in total. The normalized spacial score (nSPS) is 18.8. The molecule has 1 atom stereocenters. The van der Waals surface area contributed by atoms with Crippen LogP contribution in [-0.2, 0) is 21.6 Å². The third kappa shape index (κ3) is 4.49. The molecule has 1 aliphatic rings. The highest BCUT2D eigenvalue weighted by Gasteiger charge is 2.51. The summed E-state index contributed by atoms with van der Waals surface area (Å²) in [5.41, 5.74) is -0.144.